The Morgan fingerprint density at radius 3 is 2.30 bits per heavy atom. The second kappa shape index (κ2) is 5.96. The highest BCUT2D eigenvalue weighted by Gasteiger charge is 2.69. The normalized spacial score (nSPS) is 28.3. The van der Waals surface area contributed by atoms with Crippen LogP contribution in [0.4, 0.5) is 0 Å². The SMILES string of the molecule is CCOC(=O)C1C(C(=O)P(=O)(O)OC(C)CC)C1(C)C. The lowest BCUT2D eigenvalue weighted by Crippen LogP contribution is -2.15. The number of esters is 1. The van der Waals surface area contributed by atoms with Crippen LogP contribution in [0.1, 0.15) is 41.0 Å². The lowest BCUT2D eigenvalue weighted by atomic mass is 10.1. The first-order valence-electron chi connectivity index (χ1n) is 6.81. The van der Waals surface area contributed by atoms with Gasteiger partial charge in [0.15, 0.2) is 0 Å². The van der Waals surface area contributed by atoms with Gasteiger partial charge in [-0.2, -0.15) is 0 Å². The van der Waals surface area contributed by atoms with Crippen LogP contribution < -0.4 is 0 Å². The second-order valence-electron chi connectivity index (χ2n) is 5.71. The van der Waals surface area contributed by atoms with Crippen molar-refractivity contribution in [2.24, 2.45) is 17.3 Å². The van der Waals surface area contributed by atoms with E-state index < -0.39 is 42.4 Å². The van der Waals surface area contributed by atoms with Crippen molar-refractivity contribution in [2.75, 3.05) is 6.61 Å². The first-order valence-corrected chi connectivity index (χ1v) is 8.39. The Kier molecular flexibility index (Phi) is 5.17. The molecule has 7 heteroatoms. The largest absolute Gasteiger partial charge is 0.466 e. The zero-order chi connectivity index (χ0) is 15.7. The molecule has 6 nitrogen and oxygen atoms in total. The molecule has 1 rings (SSSR count). The maximum Gasteiger partial charge on any atom is 0.394 e. The van der Waals surface area contributed by atoms with Crippen molar-refractivity contribution in [3.8, 4) is 0 Å². The third kappa shape index (κ3) is 3.30. The van der Waals surface area contributed by atoms with Gasteiger partial charge in [0.25, 0.3) is 0 Å². The molecule has 0 amide bonds. The minimum absolute atomic E-state index is 0.215. The van der Waals surface area contributed by atoms with Gasteiger partial charge in [-0.3, -0.25) is 14.2 Å². The fraction of sp³-hybridized carbons (Fsp3) is 0.846. The maximum atomic E-state index is 12.2. The first kappa shape index (κ1) is 17.3. The number of carbonyl (C=O) groups is 2. The van der Waals surface area contributed by atoms with Gasteiger partial charge in [-0.25, -0.2) is 0 Å². The summed E-state index contributed by atoms with van der Waals surface area (Å²) in [7, 11) is -4.37. The van der Waals surface area contributed by atoms with Gasteiger partial charge in [0.1, 0.15) is 0 Å². The van der Waals surface area contributed by atoms with E-state index in [2.05, 4.69) is 0 Å². The summed E-state index contributed by atoms with van der Waals surface area (Å²) in [4.78, 5) is 33.7. The second-order valence-corrected chi connectivity index (χ2v) is 7.40. The van der Waals surface area contributed by atoms with Crippen molar-refractivity contribution in [2.45, 2.75) is 47.1 Å². The quantitative estimate of drug-likeness (QED) is 0.573. The number of rotatable bonds is 7. The van der Waals surface area contributed by atoms with Gasteiger partial charge in [-0.1, -0.05) is 20.8 Å². The molecule has 20 heavy (non-hydrogen) atoms. The monoisotopic (exact) mass is 306 g/mol. The lowest BCUT2D eigenvalue weighted by Gasteiger charge is -2.15. The molecule has 0 aromatic heterocycles. The molecular formula is C13H23O6P. The van der Waals surface area contributed by atoms with Crippen LogP contribution in [0.5, 0.6) is 0 Å². The smallest absolute Gasteiger partial charge is 0.394 e. The summed E-state index contributed by atoms with van der Waals surface area (Å²) in [5, 5.41) is 0. The van der Waals surface area contributed by atoms with Crippen molar-refractivity contribution in [1.82, 2.24) is 0 Å². The Bertz CT molecular complexity index is 444. The molecule has 1 fully saturated rings. The van der Waals surface area contributed by atoms with E-state index in [1.54, 1.807) is 34.6 Å². The van der Waals surface area contributed by atoms with Gasteiger partial charge in [0.05, 0.1) is 18.6 Å². The molecule has 116 valence electrons. The van der Waals surface area contributed by atoms with E-state index in [4.69, 9.17) is 9.26 Å². The zero-order valence-electron chi connectivity index (χ0n) is 12.6. The number of carbonyl (C=O) groups excluding carboxylic acids is 2. The molecular weight excluding hydrogens is 283 g/mol. The van der Waals surface area contributed by atoms with Gasteiger partial charge in [-0.05, 0) is 25.7 Å². The summed E-state index contributed by atoms with van der Waals surface area (Å²) in [6.45, 7) is 8.72. The molecule has 4 unspecified atom stereocenters. The van der Waals surface area contributed by atoms with Gasteiger partial charge in [0, 0.05) is 5.92 Å². The fourth-order valence-electron chi connectivity index (χ4n) is 2.32. The molecule has 0 heterocycles. The molecule has 0 saturated heterocycles. The Hall–Kier alpha value is -0.710. The highest BCUT2D eigenvalue weighted by molar-refractivity contribution is 7.71. The molecule has 1 N–H and O–H groups in total. The first-order chi connectivity index (χ1) is 9.09. The fourth-order valence-corrected chi connectivity index (χ4v) is 3.89. The van der Waals surface area contributed by atoms with E-state index in [1.165, 1.54) is 0 Å². The predicted molar refractivity (Wildman–Crippen MR) is 73.1 cm³/mol. The van der Waals surface area contributed by atoms with Crippen molar-refractivity contribution in [3.63, 3.8) is 0 Å². The van der Waals surface area contributed by atoms with Crippen molar-refractivity contribution in [3.05, 3.63) is 0 Å². The molecule has 1 aliphatic carbocycles. The van der Waals surface area contributed by atoms with E-state index >= 15 is 0 Å². The van der Waals surface area contributed by atoms with Crippen LogP contribution in [0.15, 0.2) is 0 Å². The lowest BCUT2D eigenvalue weighted by molar-refractivity contribution is -0.146. The Balaban J connectivity index is 2.83. The molecule has 4 atom stereocenters. The summed E-state index contributed by atoms with van der Waals surface area (Å²) in [6, 6.07) is 0. The molecule has 1 saturated carbocycles. The predicted octanol–water partition coefficient (Wildman–Crippen LogP) is 2.35. The van der Waals surface area contributed by atoms with Gasteiger partial charge >= 0.3 is 13.6 Å². The van der Waals surface area contributed by atoms with Crippen molar-refractivity contribution < 1.29 is 28.3 Å². The molecule has 0 aromatic carbocycles. The topological polar surface area (TPSA) is 89.9 Å². The summed E-state index contributed by atoms with van der Waals surface area (Å²) >= 11 is 0. The van der Waals surface area contributed by atoms with E-state index in [0.29, 0.717) is 6.42 Å². The maximum absolute atomic E-state index is 12.2. The van der Waals surface area contributed by atoms with Gasteiger partial charge in [0.2, 0.25) is 5.52 Å². The van der Waals surface area contributed by atoms with Crippen molar-refractivity contribution >= 4 is 19.1 Å². The summed E-state index contributed by atoms with van der Waals surface area (Å²) < 4.78 is 21.8. The zero-order valence-corrected chi connectivity index (χ0v) is 13.5. The van der Waals surface area contributed by atoms with E-state index in [9.17, 15) is 19.0 Å². The molecule has 0 aliphatic heterocycles. The van der Waals surface area contributed by atoms with Crippen LogP contribution >= 0.6 is 7.60 Å². The third-order valence-electron chi connectivity index (χ3n) is 3.81. The number of hydrogen-bond donors (Lipinski definition) is 1. The van der Waals surface area contributed by atoms with Crippen LogP contribution in [0, 0.1) is 17.3 Å². The minimum Gasteiger partial charge on any atom is -0.466 e. The minimum atomic E-state index is -4.37. The van der Waals surface area contributed by atoms with Gasteiger partial charge < -0.3 is 14.2 Å². The van der Waals surface area contributed by atoms with E-state index in [0.717, 1.165) is 0 Å². The molecule has 1 aliphatic rings. The average molecular weight is 306 g/mol. The third-order valence-corrected chi connectivity index (χ3v) is 5.29. The Labute approximate surface area is 119 Å². The van der Waals surface area contributed by atoms with Gasteiger partial charge in [-0.15, -0.1) is 0 Å². The van der Waals surface area contributed by atoms with E-state index in [-0.39, 0.29) is 6.61 Å². The Morgan fingerprint density at radius 1 is 1.30 bits per heavy atom. The average Bonchev–Trinajstić information content (AvgIpc) is 2.90. The number of ether oxygens (including phenoxy) is 1. The van der Waals surface area contributed by atoms with Crippen LogP contribution in [-0.4, -0.2) is 29.1 Å². The van der Waals surface area contributed by atoms with E-state index in [1.807, 2.05) is 0 Å². The van der Waals surface area contributed by atoms with Crippen LogP contribution in [-0.2, 0) is 23.4 Å². The Morgan fingerprint density at radius 2 is 1.85 bits per heavy atom. The van der Waals surface area contributed by atoms with Crippen LogP contribution in [0.2, 0.25) is 0 Å². The van der Waals surface area contributed by atoms with Crippen molar-refractivity contribution in [1.29, 1.82) is 0 Å². The summed E-state index contributed by atoms with van der Waals surface area (Å²) in [5.41, 5.74) is -1.55. The highest BCUT2D eigenvalue weighted by Crippen LogP contribution is 2.65. The van der Waals surface area contributed by atoms with Crippen LogP contribution in [0.3, 0.4) is 0 Å². The molecule has 0 spiro atoms. The van der Waals surface area contributed by atoms with Crippen LogP contribution in [0.25, 0.3) is 0 Å². The summed E-state index contributed by atoms with van der Waals surface area (Å²) in [5.74, 6) is -1.99. The molecule has 0 bridgehead atoms. The number of hydrogen-bond acceptors (Lipinski definition) is 5. The molecule has 0 radical (unpaired) electrons. The highest BCUT2D eigenvalue weighted by atomic mass is 31.2. The molecule has 0 aromatic rings. The standard InChI is InChI=1S/C13H23O6P/c1-6-8(3)19-20(16,17)12(15)10-9(13(10,4)5)11(14)18-7-2/h8-10H,6-7H2,1-5H3,(H,16,17). The summed E-state index contributed by atoms with van der Waals surface area (Å²) in [6.07, 6.45) is 0.0328.